The molecule has 5 rings (SSSR count). The molecule has 4 aromatic rings. The SMILES string of the molecule is COc1cc2nc(NC3CCCC3)c3c(=O)n(-c4cccc(Cl)c4)[nH]c3c2cc1OC. The van der Waals surface area contributed by atoms with E-state index < -0.39 is 0 Å². The molecule has 0 spiro atoms. The van der Waals surface area contributed by atoms with Crippen LogP contribution in [0.5, 0.6) is 11.5 Å². The number of aromatic nitrogens is 3. The van der Waals surface area contributed by atoms with Gasteiger partial charge < -0.3 is 14.8 Å². The number of methoxy groups -OCH3 is 2. The molecule has 0 bridgehead atoms. The minimum absolute atomic E-state index is 0.179. The molecule has 0 radical (unpaired) electrons. The third kappa shape index (κ3) is 3.39. The predicted molar refractivity (Wildman–Crippen MR) is 123 cm³/mol. The van der Waals surface area contributed by atoms with Crippen molar-refractivity contribution in [1.82, 2.24) is 14.8 Å². The van der Waals surface area contributed by atoms with Crippen molar-refractivity contribution in [3.8, 4) is 17.2 Å². The summed E-state index contributed by atoms with van der Waals surface area (Å²) in [7, 11) is 3.18. The van der Waals surface area contributed by atoms with Gasteiger partial charge in [-0.15, -0.1) is 0 Å². The van der Waals surface area contributed by atoms with Crippen LogP contribution in [0.4, 0.5) is 5.82 Å². The molecule has 31 heavy (non-hydrogen) atoms. The van der Waals surface area contributed by atoms with Gasteiger partial charge in [0.25, 0.3) is 5.56 Å². The zero-order chi connectivity index (χ0) is 21.5. The van der Waals surface area contributed by atoms with E-state index in [4.69, 9.17) is 26.1 Å². The van der Waals surface area contributed by atoms with Gasteiger partial charge in [0.1, 0.15) is 11.2 Å². The first kappa shape index (κ1) is 19.8. The topological polar surface area (TPSA) is 81.2 Å². The molecule has 7 nitrogen and oxygen atoms in total. The van der Waals surface area contributed by atoms with Crippen LogP contribution in [0.3, 0.4) is 0 Å². The van der Waals surface area contributed by atoms with E-state index in [9.17, 15) is 4.79 Å². The Morgan fingerprint density at radius 2 is 1.87 bits per heavy atom. The fraction of sp³-hybridized carbons (Fsp3) is 0.304. The molecule has 2 aromatic carbocycles. The second-order valence-corrected chi connectivity index (χ2v) is 8.23. The molecule has 1 saturated carbocycles. The van der Waals surface area contributed by atoms with E-state index in [1.165, 1.54) is 17.5 Å². The van der Waals surface area contributed by atoms with E-state index in [0.717, 1.165) is 18.2 Å². The van der Waals surface area contributed by atoms with E-state index in [1.807, 2.05) is 24.3 Å². The summed E-state index contributed by atoms with van der Waals surface area (Å²) in [6.07, 6.45) is 4.50. The molecule has 2 aromatic heterocycles. The van der Waals surface area contributed by atoms with Crippen molar-refractivity contribution in [2.24, 2.45) is 0 Å². The minimum atomic E-state index is -0.179. The van der Waals surface area contributed by atoms with E-state index in [-0.39, 0.29) is 5.56 Å². The number of fused-ring (bicyclic) bond motifs is 3. The quantitative estimate of drug-likeness (QED) is 0.463. The summed E-state index contributed by atoms with van der Waals surface area (Å²) in [6.45, 7) is 0. The van der Waals surface area contributed by atoms with Gasteiger partial charge in [0.05, 0.1) is 30.9 Å². The van der Waals surface area contributed by atoms with Gasteiger partial charge in [0.15, 0.2) is 11.5 Å². The number of anilines is 1. The number of H-pyrrole nitrogens is 1. The summed E-state index contributed by atoms with van der Waals surface area (Å²) in [4.78, 5) is 18.3. The molecule has 1 aliphatic carbocycles. The molecule has 0 aliphatic heterocycles. The van der Waals surface area contributed by atoms with E-state index in [2.05, 4.69) is 10.4 Å². The molecule has 0 atom stereocenters. The van der Waals surface area contributed by atoms with Gasteiger partial charge in [0.2, 0.25) is 0 Å². The lowest BCUT2D eigenvalue weighted by molar-refractivity contribution is 0.356. The molecule has 0 saturated heterocycles. The van der Waals surface area contributed by atoms with Gasteiger partial charge in [-0.1, -0.05) is 30.5 Å². The van der Waals surface area contributed by atoms with Crippen molar-refractivity contribution < 1.29 is 9.47 Å². The minimum Gasteiger partial charge on any atom is -0.493 e. The predicted octanol–water partition coefficient (Wildman–Crippen LogP) is 4.89. The van der Waals surface area contributed by atoms with Crippen molar-refractivity contribution in [3.05, 3.63) is 51.8 Å². The lowest BCUT2D eigenvalue weighted by Gasteiger charge is -2.15. The lowest BCUT2D eigenvalue weighted by Crippen LogP contribution is -2.19. The average molecular weight is 439 g/mol. The van der Waals surface area contributed by atoms with Crippen LogP contribution in [-0.4, -0.2) is 35.0 Å². The first-order valence-corrected chi connectivity index (χ1v) is 10.7. The lowest BCUT2D eigenvalue weighted by atomic mass is 10.1. The Kier molecular flexibility index (Phi) is 4.98. The van der Waals surface area contributed by atoms with Crippen molar-refractivity contribution in [1.29, 1.82) is 0 Å². The fourth-order valence-electron chi connectivity index (χ4n) is 4.35. The normalized spacial score (nSPS) is 14.4. The summed E-state index contributed by atoms with van der Waals surface area (Å²) in [6, 6.07) is 11.2. The highest BCUT2D eigenvalue weighted by Crippen LogP contribution is 2.36. The number of nitrogens with one attached hydrogen (secondary N) is 2. The van der Waals surface area contributed by atoms with Gasteiger partial charge in [-0.05, 0) is 37.1 Å². The zero-order valence-corrected chi connectivity index (χ0v) is 18.1. The van der Waals surface area contributed by atoms with Gasteiger partial charge in [0, 0.05) is 22.5 Å². The summed E-state index contributed by atoms with van der Waals surface area (Å²) in [5, 5.41) is 8.65. The molecule has 1 aliphatic rings. The van der Waals surface area contributed by atoms with E-state index in [0.29, 0.717) is 50.5 Å². The van der Waals surface area contributed by atoms with Crippen LogP contribution in [0.2, 0.25) is 5.02 Å². The van der Waals surface area contributed by atoms with Crippen LogP contribution >= 0.6 is 11.6 Å². The highest BCUT2D eigenvalue weighted by Gasteiger charge is 2.22. The number of benzene rings is 2. The third-order valence-electron chi connectivity index (χ3n) is 5.89. The summed E-state index contributed by atoms with van der Waals surface area (Å²) in [5.41, 5.74) is 1.89. The van der Waals surface area contributed by atoms with E-state index in [1.54, 1.807) is 26.4 Å². The van der Waals surface area contributed by atoms with Gasteiger partial charge in [-0.3, -0.25) is 9.89 Å². The number of rotatable bonds is 5. The van der Waals surface area contributed by atoms with Crippen molar-refractivity contribution in [3.63, 3.8) is 0 Å². The molecule has 160 valence electrons. The Morgan fingerprint density at radius 1 is 1.13 bits per heavy atom. The summed E-state index contributed by atoms with van der Waals surface area (Å²) < 4.78 is 12.5. The molecular formula is C23H23ClN4O3. The van der Waals surface area contributed by atoms with Crippen molar-refractivity contribution in [2.45, 2.75) is 31.7 Å². The maximum atomic E-state index is 13.5. The van der Waals surface area contributed by atoms with Crippen LogP contribution < -0.4 is 20.3 Å². The number of hydrogen-bond donors (Lipinski definition) is 2. The zero-order valence-electron chi connectivity index (χ0n) is 17.4. The Balaban J connectivity index is 1.81. The standard InChI is InChI=1S/C23H23ClN4O3/c1-30-18-11-16-17(12-19(18)31-2)26-22(25-14-7-3-4-8-14)20-21(16)27-28(23(20)29)15-9-5-6-13(24)10-15/h5-6,9-12,14,27H,3-4,7-8H2,1-2H3,(H,25,26). The van der Waals surface area contributed by atoms with Crippen molar-refractivity contribution in [2.75, 3.05) is 19.5 Å². The largest absolute Gasteiger partial charge is 0.493 e. The molecule has 0 unspecified atom stereocenters. The summed E-state index contributed by atoms with van der Waals surface area (Å²) in [5.74, 6) is 1.75. The molecule has 8 heteroatoms. The molecular weight excluding hydrogens is 416 g/mol. The monoisotopic (exact) mass is 438 g/mol. The Hall–Kier alpha value is -3.19. The van der Waals surface area contributed by atoms with Gasteiger partial charge in [-0.25, -0.2) is 9.67 Å². The first-order valence-electron chi connectivity index (χ1n) is 10.3. The molecule has 2 heterocycles. The number of halogens is 1. The number of hydrogen-bond acceptors (Lipinski definition) is 5. The Morgan fingerprint density at radius 3 is 2.58 bits per heavy atom. The maximum Gasteiger partial charge on any atom is 0.282 e. The second-order valence-electron chi connectivity index (χ2n) is 7.79. The highest BCUT2D eigenvalue weighted by molar-refractivity contribution is 6.30. The first-order chi connectivity index (χ1) is 15.1. The second kappa shape index (κ2) is 7.81. The number of ether oxygens (including phenoxy) is 2. The van der Waals surface area contributed by atoms with Crippen LogP contribution in [0.25, 0.3) is 27.5 Å². The number of nitrogens with zero attached hydrogens (tertiary/aromatic N) is 2. The molecule has 0 amide bonds. The van der Waals surface area contributed by atoms with Gasteiger partial charge in [-0.2, -0.15) is 0 Å². The Bertz CT molecular complexity index is 1340. The summed E-state index contributed by atoms with van der Waals surface area (Å²) >= 11 is 6.17. The van der Waals surface area contributed by atoms with Crippen LogP contribution in [0, 0.1) is 0 Å². The van der Waals surface area contributed by atoms with Crippen molar-refractivity contribution >= 4 is 39.2 Å². The fourth-order valence-corrected chi connectivity index (χ4v) is 4.54. The van der Waals surface area contributed by atoms with Gasteiger partial charge >= 0.3 is 0 Å². The third-order valence-corrected chi connectivity index (χ3v) is 6.13. The number of pyridine rings is 1. The highest BCUT2D eigenvalue weighted by atomic mass is 35.5. The van der Waals surface area contributed by atoms with Crippen LogP contribution in [0.1, 0.15) is 25.7 Å². The average Bonchev–Trinajstić information content (AvgIpc) is 3.41. The number of aromatic amines is 1. The van der Waals surface area contributed by atoms with Crippen LogP contribution in [-0.2, 0) is 0 Å². The smallest absolute Gasteiger partial charge is 0.282 e. The van der Waals surface area contributed by atoms with Crippen LogP contribution in [0.15, 0.2) is 41.2 Å². The molecule has 1 fully saturated rings. The van der Waals surface area contributed by atoms with E-state index >= 15 is 0 Å². The Labute approximate surface area is 183 Å². The maximum absolute atomic E-state index is 13.5. The molecule has 2 N–H and O–H groups in total.